The molecule has 174 valence electrons. The first-order valence-electron chi connectivity index (χ1n) is 11.1. The standard InChI is InChI=1S/C25H18ClN5O4/c26-14-5-7-16(8-6-14)35-13-22(32)29-12-15-9-20(29)23-24(33)31(25(34)30(15)23)21-11-28-19(10-27)17-3-1-2-4-18(17)21/h1-8,11,15,20,23H,9,12-13H2/t15-,20?,23?/m1/s1. The molecular formula is C25H18ClN5O4. The molecular weight excluding hydrogens is 470 g/mol. The Hall–Kier alpha value is -4.16. The average molecular weight is 488 g/mol. The van der Waals surface area contributed by atoms with Gasteiger partial charge in [0.2, 0.25) is 0 Å². The maximum atomic E-state index is 13.6. The van der Waals surface area contributed by atoms with Gasteiger partial charge in [0.25, 0.3) is 11.8 Å². The molecule has 4 heterocycles. The maximum absolute atomic E-state index is 13.6. The number of carbonyl (C=O) groups excluding carboxylic acids is 3. The summed E-state index contributed by atoms with van der Waals surface area (Å²) >= 11 is 5.88. The van der Waals surface area contributed by atoms with Crippen LogP contribution in [0.2, 0.25) is 5.02 Å². The van der Waals surface area contributed by atoms with Gasteiger partial charge in [-0.05, 0) is 30.7 Å². The Morgan fingerprint density at radius 2 is 1.89 bits per heavy atom. The number of amides is 4. The highest BCUT2D eigenvalue weighted by Crippen LogP contribution is 2.43. The number of hydrogen-bond donors (Lipinski definition) is 0. The molecule has 6 rings (SSSR count). The van der Waals surface area contributed by atoms with Gasteiger partial charge in [-0.2, -0.15) is 5.26 Å². The van der Waals surface area contributed by atoms with Crippen LogP contribution in [-0.2, 0) is 9.59 Å². The highest BCUT2D eigenvalue weighted by atomic mass is 35.5. The Labute approximate surface area is 205 Å². The summed E-state index contributed by atoms with van der Waals surface area (Å²) in [5.41, 5.74) is 0.564. The molecule has 3 aliphatic rings. The largest absolute Gasteiger partial charge is 0.484 e. The molecule has 3 saturated heterocycles. The molecule has 2 unspecified atom stereocenters. The zero-order chi connectivity index (χ0) is 24.3. The lowest BCUT2D eigenvalue weighted by atomic mass is 10.1. The number of aromatic nitrogens is 1. The first kappa shape index (κ1) is 21.4. The van der Waals surface area contributed by atoms with E-state index in [1.165, 1.54) is 6.20 Å². The number of fused-ring (bicyclic) bond motifs is 6. The van der Waals surface area contributed by atoms with Gasteiger partial charge in [-0.15, -0.1) is 0 Å². The summed E-state index contributed by atoms with van der Waals surface area (Å²) in [4.78, 5) is 48.5. The molecule has 10 heteroatoms. The van der Waals surface area contributed by atoms with Crippen LogP contribution in [0, 0.1) is 11.3 Å². The van der Waals surface area contributed by atoms with Crippen molar-refractivity contribution in [3.05, 3.63) is 65.4 Å². The molecule has 35 heavy (non-hydrogen) atoms. The molecule has 0 N–H and O–H groups in total. The fourth-order valence-electron chi connectivity index (χ4n) is 5.37. The Balaban J connectivity index is 1.25. The lowest BCUT2D eigenvalue weighted by molar-refractivity contribution is -0.137. The van der Waals surface area contributed by atoms with Crippen LogP contribution in [0.5, 0.6) is 5.75 Å². The number of anilines is 1. The number of likely N-dealkylation sites (tertiary alicyclic amines) is 1. The summed E-state index contributed by atoms with van der Waals surface area (Å²) in [5.74, 6) is -0.112. The zero-order valence-corrected chi connectivity index (χ0v) is 19.1. The van der Waals surface area contributed by atoms with Gasteiger partial charge in [0.1, 0.15) is 23.6 Å². The number of ether oxygens (including phenoxy) is 1. The van der Waals surface area contributed by atoms with Gasteiger partial charge < -0.3 is 14.5 Å². The maximum Gasteiger partial charge on any atom is 0.332 e. The van der Waals surface area contributed by atoms with Crippen LogP contribution < -0.4 is 9.64 Å². The summed E-state index contributed by atoms with van der Waals surface area (Å²) in [7, 11) is 0. The molecule has 3 aromatic rings. The minimum atomic E-state index is -0.755. The normalized spacial score (nSPS) is 22.6. The van der Waals surface area contributed by atoms with Crippen molar-refractivity contribution in [2.45, 2.75) is 24.5 Å². The second-order valence-corrected chi connectivity index (χ2v) is 9.14. The third-order valence-electron chi connectivity index (χ3n) is 6.88. The minimum absolute atomic E-state index is 0.173. The van der Waals surface area contributed by atoms with Gasteiger partial charge in [0, 0.05) is 22.3 Å². The second kappa shape index (κ2) is 7.96. The van der Waals surface area contributed by atoms with Crippen LogP contribution in [0.15, 0.2) is 54.7 Å². The smallest absolute Gasteiger partial charge is 0.332 e. The van der Waals surface area contributed by atoms with E-state index in [4.69, 9.17) is 16.3 Å². The number of rotatable bonds is 4. The molecule has 0 spiro atoms. The Bertz CT molecular complexity index is 1440. The molecule has 0 saturated carbocycles. The van der Waals surface area contributed by atoms with Crippen molar-refractivity contribution < 1.29 is 19.1 Å². The number of pyridine rings is 1. The molecule has 9 nitrogen and oxygen atoms in total. The molecule has 0 aliphatic carbocycles. The fraction of sp³-hybridized carbons (Fsp3) is 0.240. The third-order valence-corrected chi connectivity index (χ3v) is 7.13. The molecule has 0 radical (unpaired) electrons. The lowest BCUT2D eigenvalue weighted by Crippen LogP contribution is -2.55. The van der Waals surface area contributed by atoms with Crippen molar-refractivity contribution in [1.29, 1.82) is 5.26 Å². The number of piperazine rings is 1. The van der Waals surface area contributed by atoms with Gasteiger partial charge in [0.05, 0.1) is 24.0 Å². The predicted octanol–water partition coefficient (Wildman–Crippen LogP) is 2.96. The first-order chi connectivity index (χ1) is 17.0. The summed E-state index contributed by atoms with van der Waals surface area (Å²) in [5, 5.41) is 11.1. The van der Waals surface area contributed by atoms with E-state index in [0.29, 0.717) is 40.2 Å². The van der Waals surface area contributed by atoms with E-state index >= 15 is 0 Å². The monoisotopic (exact) mass is 487 g/mol. The highest BCUT2D eigenvalue weighted by molar-refractivity contribution is 6.30. The number of halogens is 1. The van der Waals surface area contributed by atoms with Crippen molar-refractivity contribution >= 4 is 45.9 Å². The number of carbonyl (C=O) groups is 3. The van der Waals surface area contributed by atoms with Crippen molar-refractivity contribution in [3.63, 3.8) is 0 Å². The number of benzene rings is 2. The van der Waals surface area contributed by atoms with Crippen molar-refractivity contribution in [2.75, 3.05) is 18.1 Å². The fourth-order valence-corrected chi connectivity index (χ4v) is 5.50. The molecule has 1 aromatic heterocycles. The molecule has 3 aliphatic heterocycles. The van der Waals surface area contributed by atoms with Gasteiger partial charge in [-0.1, -0.05) is 35.9 Å². The summed E-state index contributed by atoms with van der Waals surface area (Å²) < 4.78 is 5.60. The van der Waals surface area contributed by atoms with Gasteiger partial charge in [-0.25, -0.2) is 14.7 Å². The van der Waals surface area contributed by atoms with Gasteiger partial charge >= 0.3 is 6.03 Å². The van der Waals surface area contributed by atoms with Crippen LogP contribution in [0.1, 0.15) is 12.1 Å². The van der Waals surface area contributed by atoms with E-state index in [2.05, 4.69) is 4.98 Å². The van der Waals surface area contributed by atoms with Gasteiger partial charge in [0.15, 0.2) is 6.61 Å². The molecule has 4 amide bonds. The lowest BCUT2D eigenvalue weighted by Gasteiger charge is -2.34. The molecule has 3 fully saturated rings. The Kier molecular flexibility index (Phi) is 4.86. The minimum Gasteiger partial charge on any atom is -0.484 e. The average Bonchev–Trinajstić information content (AvgIpc) is 3.54. The van der Waals surface area contributed by atoms with Crippen LogP contribution >= 0.6 is 11.6 Å². The van der Waals surface area contributed by atoms with Crippen LogP contribution in [0.4, 0.5) is 10.5 Å². The second-order valence-electron chi connectivity index (χ2n) is 8.70. The number of imide groups is 1. The number of hydrogen-bond acceptors (Lipinski definition) is 6. The van der Waals surface area contributed by atoms with Crippen molar-refractivity contribution in [2.24, 2.45) is 0 Å². The van der Waals surface area contributed by atoms with Crippen molar-refractivity contribution in [3.8, 4) is 11.8 Å². The van der Waals surface area contributed by atoms with Crippen LogP contribution in [-0.4, -0.2) is 63.9 Å². The third kappa shape index (κ3) is 3.21. The highest BCUT2D eigenvalue weighted by Gasteiger charge is 2.63. The van der Waals surface area contributed by atoms with Crippen LogP contribution in [0.25, 0.3) is 10.8 Å². The van der Waals surface area contributed by atoms with Gasteiger partial charge in [-0.3, -0.25) is 9.59 Å². The summed E-state index contributed by atoms with van der Waals surface area (Å²) in [6.45, 7) is 0.177. The molecule has 2 aromatic carbocycles. The number of nitrogens with zero attached hydrogens (tertiary/aromatic N) is 5. The number of nitriles is 1. The van der Waals surface area contributed by atoms with E-state index in [1.807, 2.05) is 6.07 Å². The van der Waals surface area contributed by atoms with E-state index in [0.717, 1.165) is 4.90 Å². The quantitative estimate of drug-likeness (QED) is 0.524. The SMILES string of the molecule is N#Cc1ncc(N2C(=O)C3C4C[C@H](CN4C(=O)COc4ccc(Cl)cc4)N3C2=O)c2ccccc12. The Morgan fingerprint density at radius 1 is 1.14 bits per heavy atom. The molecule has 2 bridgehead atoms. The van der Waals surface area contributed by atoms with E-state index in [9.17, 15) is 19.6 Å². The number of urea groups is 1. The topological polar surface area (TPSA) is 107 Å². The summed E-state index contributed by atoms with van der Waals surface area (Å²) in [6.07, 6.45) is 1.94. The van der Waals surface area contributed by atoms with E-state index in [-0.39, 0.29) is 24.2 Å². The summed E-state index contributed by atoms with van der Waals surface area (Å²) in [6, 6.07) is 14.0. The zero-order valence-electron chi connectivity index (χ0n) is 18.3. The van der Waals surface area contributed by atoms with E-state index < -0.39 is 24.0 Å². The first-order valence-corrected chi connectivity index (χ1v) is 11.5. The van der Waals surface area contributed by atoms with Crippen LogP contribution in [0.3, 0.4) is 0 Å². The molecule has 3 atom stereocenters. The predicted molar refractivity (Wildman–Crippen MR) is 126 cm³/mol. The Morgan fingerprint density at radius 3 is 2.63 bits per heavy atom. The van der Waals surface area contributed by atoms with E-state index in [1.54, 1.807) is 58.3 Å². The van der Waals surface area contributed by atoms with Crippen molar-refractivity contribution in [1.82, 2.24) is 14.8 Å².